The fourth-order valence-corrected chi connectivity index (χ4v) is 9.46. The van der Waals surface area contributed by atoms with E-state index < -0.39 is 0 Å². The molecule has 55 heavy (non-hydrogen) atoms. The first-order valence-electron chi connectivity index (χ1n) is 18.7. The summed E-state index contributed by atoms with van der Waals surface area (Å²) >= 11 is 1.88. The highest BCUT2D eigenvalue weighted by molar-refractivity contribution is 7.26. The number of nitrogens with zero attached hydrogens (tertiary/aromatic N) is 2. The van der Waals surface area contributed by atoms with Crippen LogP contribution >= 0.6 is 11.3 Å². The van der Waals surface area contributed by atoms with E-state index in [0.29, 0.717) is 0 Å². The second-order valence-corrected chi connectivity index (χ2v) is 15.2. The lowest BCUT2D eigenvalue weighted by Gasteiger charge is -2.15. The van der Waals surface area contributed by atoms with Gasteiger partial charge in [0.2, 0.25) is 0 Å². The lowest BCUT2D eigenvalue weighted by molar-refractivity contribution is 1.31. The predicted molar refractivity (Wildman–Crippen MR) is 235 cm³/mol. The van der Waals surface area contributed by atoms with Crippen LogP contribution < -0.4 is 0 Å². The van der Waals surface area contributed by atoms with Gasteiger partial charge in [0.1, 0.15) is 0 Å². The second-order valence-electron chi connectivity index (χ2n) is 14.1. The van der Waals surface area contributed by atoms with E-state index >= 15 is 0 Å². The van der Waals surface area contributed by atoms with Gasteiger partial charge in [0.15, 0.2) is 0 Å². The van der Waals surface area contributed by atoms with E-state index in [1.54, 1.807) is 0 Å². The van der Waals surface area contributed by atoms with Gasteiger partial charge in [0.25, 0.3) is 0 Å². The van der Waals surface area contributed by atoms with E-state index in [4.69, 9.17) is 9.97 Å². The summed E-state index contributed by atoms with van der Waals surface area (Å²) in [7, 11) is 0. The average molecular weight is 717 g/mol. The van der Waals surface area contributed by atoms with E-state index in [9.17, 15) is 0 Å². The zero-order chi connectivity index (χ0) is 36.3. The average Bonchev–Trinajstić information content (AvgIpc) is 3.66. The van der Waals surface area contributed by atoms with Crippen LogP contribution in [-0.4, -0.2) is 9.97 Å². The second kappa shape index (κ2) is 12.9. The summed E-state index contributed by atoms with van der Waals surface area (Å²) in [6, 6.07) is 69.6. The van der Waals surface area contributed by atoms with Crippen LogP contribution in [0.3, 0.4) is 0 Å². The fourth-order valence-electron chi connectivity index (χ4n) is 8.22. The maximum absolute atomic E-state index is 5.51. The Morgan fingerprint density at radius 1 is 0.291 bits per heavy atom. The first-order valence-corrected chi connectivity index (χ1v) is 19.5. The third kappa shape index (κ3) is 5.32. The summed E-state index contributed by atoms with van der Waals surface area (Å²) < 4.78 is 2.66. The summed E-state index contributed by atoms with van der Waals surface area (Å²) in [5, 5.41) is 7.24. The van der Waals surface area contributed by atoms with E-state index in [0.717, 1.165) is 55.4 Å². The number of hydrogen-bond donors (Lipinski definition) is 0. The third-order valence-corrected chi connectivity index (χ3v) is 12.1. The van der Waals surface area contributed by atoms with Crippen molar-refractivity contribution >= 4 is 64.1 Å². The first kappa shape index (κ1) is 31.6. The first-order chi connectivity index (χ1) is 27.3. The number of hydrogen-bond acceptors (Lipinski definition) is 3. The molecule has 2 heterocycles. The number of benzene rings is 9. The SMILES string of the molecule is c1ccc(-c2nc3c4ccccc4c4ccccc4c3nc2-c2cccc(-c3cccc(-c4cccc(-c5cccc6c5sc5ccccc56)c4)c3)c2)cc1. The van der Waals surface area contributed by atoms with Gasteiger partial charge >= 0.3 is 0 Å². The Labute approximate surface area is 322 Å². The largest absolute Gasteiger partial charge is 0.243 e. The van der Waals surface area contributed by atoms with Crippen molar-refractivity contribution in [2.24, 2.45) is 0 Å². The molecule has 11 aromatic rings. The smallest absolute Gasteiger partial charge is 0.0979 e. The normalized spacial score (nSPS) is 11.6. The van der Waals surface area contributed by atoms with Gasteiger partial charge in [-0.1, -0.05) is 170 Å². The molecule has 0 radical (unpaired) electrons. The Balaban J connectivity index is 1.04. The Kier molecular flexibility index (Phi) is 7.39. The highest BCUT2D eigenvalue weighted by Gasteiger charge is 2.18. The molecule has 0 atom stereocenters. The molecule has 2 aromatic heterocycles. The van der Waals surface area contributed by atoms with Crippen molar-refractivity contribution in [1.29, 1.82) is 0 Å². The summed E-state index contributed by atoms with van der Waals surface area (Å²) in [5.74, 6) is 0. The van der Waals surface area contributed by atoms with Gasteiger partial charge in [0, 0.05) is 42.1 Å². The quantitative estimate of drug-likeness (QED) is 0.166. The minimum Gasteiger partial charge on any atom is -0.243 e. The van der Waals surface area contributed by atoms with Crippen LogP contribution in [0.4, 0.5) is 0 Å². The Morgan fingerprint density at radius 2 is 0.709 bits per heavy atom. The minimum atomic E-state index is 0.875. The highest BCUT2D eigenvalue weighted by atomic mass is 32.1. The molecule has 0 fully saturated rings. The molecule has 0 saturated carbocycles. The van der Waals surface area contributed by atoms with Gasteiger partial charge in [-0.15, -0.1) is 11.3 Å². The van der Waals surface area contributed by atoms with Crippen LogP contribution in [0.2, 0.25) is 0 Å². The molecule has 0 aliphatic carbocycles. The molecule has 3 heteroatoms. The minimum absolute atomic E-state index is 0.875. The lowest BCUT2D eigenvalue weighted by Crippen LogP contribution is -1.97. The van der Waals surface area contributed by atoms with Crippen molar-refractivity contribution in [3.05, 3.63) is 194 Å². The van der Waals surface area contributed by atoms with E-state index in [1.807, 2.05) is 17.4 Å². The van der Waals surface area contributed by atoms with Gasteiger partial charge in [-0.25, -0.2) is 9.97 Å². The zero-order valence-electron chi connectivity index (χ0n) is 29.8. The lowest BCUT2D eigenvalue weighted by atomic mass is 9.94. The molecule has 0 unspecified atom stereocenters. The van der Waals surface area contributed by atoms with Crippen molar-refractivity contribution in [1.82, 2.24) is 9.97 Å². The van der Waals surface area contributed by atoms with Crippen LogP contribution in [0, 0.1) is 0 Å². The van der Waals surface area contributed by atoms with E-state index in [-0.39, 0.29) is 0 Å². The standard InChI is InChI=1S/C52H32N2S/c1-2-14-33(15-3-1)48-49(54-51-45-26-7-5-23-42(45)41-22-4-6-25-44(41)50(51)53-48)39-21-12-19-37(32-39)35-17-10-16-34(30-35)36-18-11-20-38(31-36)40-27-13-28-46-43-24-8-9-29-47(43)55-52(40)46/h1-32H. The van der Waals surface area contributed by atoms with Gasteiger partial charge in [0.05, 0.1) is 22.4 Å². The molecule has 0 amide bonds. The van der Waals surface area contributed by atoms with Crippen molar-refractivity contribution in [2.75, 3.05) is 0 Å². The van der Waals surface area contributed by atoms with Crippen molar-refractivity contribution in [3.8, 4) is 55.9 Å². The summed E-state index contributed by atoms with van der Waals surface area (Å²) in [6.07, 6.45) is 0. The van der Waals surface area contributed by atoms with Crippen molar-refractivity contribution in [3.63, 3.8) is 0 Å². The summed E-state index contributed by atoms with van der Waals surface area (Å²) in [5.41, 5.74) is 12.8. The molecular formula is C52H32N2S. The molecule has 0 aliphatic rings. The predicted octanol–water partition coefficient (Wildman–Crippen LogP) is 14.6. The maximum Gasteiger partial charge on any atom is 0.0979 e. The molecule has 256 valence electrons. The van der Waals surface area contributed by atoms with Gasteiger partial charge in [-0.2, -0.15) is 0 Å². The Bertz CT molecular complexity index is 3270. The molecule has 0 N–H and O–H groups in total. The van der Waals surface area contributed by atoms with Gasteiger partial charge < -0.3 is 0 Å². The number of thiophene rings is 1. The maximum atomic E-state index is 5.51. The monoisotopic (exact) mass is 716 g/mol. The number of aromatic nitrogens is 2. The van der Waals surface area contributed by atoms with Crippen LogP contribution in [0.1, 0.15) is 0 Å². The van der Waals surface area contributed by atoms with Crippen LogP contribution in [-0.2, 0) is 0 Å². The molecule has 9 aromatic carbocycles. The van der Waals surface area contributed by atoms with Crippen molar-refractivity contribution < 1.29 is 0 Å². The number of fused-ring (bicyclic) bond motifs is 9. The highest BCUT2D eigenvalue weighted by Crippen LogP contribution is 2.42. The third-order valence-electron chi connectivity index (χ3n) is 10.8. The number of rotatable bonds is 5. The summed E-state index contributed by atoms with van der Waals surface area (Å²) in [6.45, 7) is 0. The molecule has 11 rings (SSSR count). The zero-order valence-corrected chi connectivity index (χ0v) is 30.6. The van der Waals surface area contributed by atoms with Crippen LogP contribution in [0.25, 0.3) is 109 Å². The molecular weight excluding hydrogens is 685 g/mol. The molecule has 0 bridgehead atoms. The molecule has 0 spiro atoms. The Morgan fingerprint density at radius 3 is 1.35 bits per heavy atom. The van der Waals surface area contributed by atoms with Gasteiger partial charge in [-0.05, 0) is 68.4 Å². The van der Waals surface area contributed by atoms with Gasteiger partial charge in [-0.3, -0.25) is 0 Å². The van der Waals surface area contributed by atoms with E-state index in [2.05, 4.69) is 188 Å². The van der Waals surface area contributed by atoms with Crippen LogP contribution in [0.5, 0.6) is 0 Å². The fraction of sp³-hybridized carbons (Fsp3) is 0. The van der Waals surface area contributed by atoms with Crippen LogP contribution in [0.15, 0.2) is 194 Å². The summed E-state index contributed by atoms with van der Waals surface area (Å²) in [4.78, 5) is 11.0. The Hall–Kier alpha value is -6.94. The van der Waals surface area contributed by atoms with Crippen molar-refractivity contribution in [2.45, 2.75) is 0 Å². The molecule has 0 aliphatic heterocycles. The molecule has 0 saturated heterocycles. The van der Waals surface area contributed by atoms with E-state index in [1.165, 1.54) is 53.2 Å². The molecule has 2 nitrogen and oxygen atoms in total. The topological polar surface area (TPSA) is 25.8 Å².